The van der Waals surface area contributed by atoms with E-state index in [9.17, 15) is 4.79 Å². The van der Waals surface area contributed by atoms with Gasteiger partial charge in [0.2, 0.25) is 5.91 Å². The van der Waals surface area contributed by atoms with E-state index in [2.05, 4.69) is 5.32 Å². The van der Waals surface area contributed by atoms with Gasteiger partial charge >= 0.3 is 0 Å². The molecular weight excluding hydrogens is 178 g/mol. The molecule has 0 saturated carbocycles. The van der Waals surface area contributed by atoms with E-state index in [-0.39, 0.29) is 5.91 Å². The Balaban J connectivity index is 2.90. The Kier molecular flexibility index (Phi) is 3.12. The Labute approximate surface area is 82.6 Å². The Morgan fingerprint density at radius 1 is 1.43 bits per heavy atom. The molecule has 4 heteroatoms. The van der Waals surface area contributed by atoms with E-state index < -0.39 is 0 Å². The van der Waals surface area contributed by atoms with Crippen LogP contribution in [0.5, 0.6) is 0 Å². The molecule has 0 aliphatic rings. The van der Waals surface area contributed by atoms with Crippen molar-refractivity contribution in [3.63, 3.8) is 0 Å². The summed E-state index contributed by atoms with van der Waals surface area (Å²) in [6.45, 7) is 0. The molecule has 0 aliphatic carbocycles. The first kappa shape index (κ1) is 10.1. The highest BCUT2D eigenvalue weighted by Gasteiger charge is 1.96. The summed E-state index contributed by atoms with van der Waals surface area (Å²) in [5, 5.41) is 2.47. The van der Waals surface area contributed by atoms with E-state index in [1.54, 1.807) is 31.3 Å². The maximum atomic E-state index is 10.9. The minimum Gasteiger partial charge on any atom is -0.399 e. The highest BCUT2D eigenvalue weighted by Crippen LogP contribution is 2.16. The number of nitrogens with two attached hydrogens (primary N) is 2. The second-order valence-corrected chi connectivity index (χ2v) is 2.84. The molecule has 1 rings (SSSR count). The van der Waals surface area contributed by atoms with Gasteiger partial charge in [-0.25, -0.2) is 0 Å². The molecule has 0 radical (unpaired) electrons. The Hall–Kier alpha value is -1.97. The zero-order chi connectivity index (χ0) is 10.6. The SMILES string of the molecule is CNC(=O)/C=C/c1cc(N)ccc1N. The lowest BCUT2D eigenvalue weighted by Gasteiger charge is -2.01. The third kappa shape index (κ3) is 2.52. The molecule has 4 nitrogen and oxygen atoms in total. The summed E-state index contributed by atoms with van der Waals surface area (Å²) in [7, 11) is 1.56. The number of carbonyl (C=O) groups is 1. The van der Waals surface area contributed by atoms with Gasteiger partial charge in [-0.3, -0.25) is 4.79 Å². The number of anilines is 2. The fourth-order valence-electron chi connectivity index (χ4n) is 0.986. The van der Waals surface area contributed by atoms with Crippen LogP contribution in [-0.4, -0.2) is 13.0 Å². The van der Waals surface area contributed by atoms with Crippen LogP contribution in [0.4, 0.5) is 11.4 Å². The van der Waals surface area contributed by atoms with Crippen molar-refractivity contribution in [2.24, 2.45) is 0 Å². The zero-order valence-electron chi connectivity index (χ0n) is 7.95. The van der Waals surface area contributed by atoms with Crippen LogP contribution in [0.2, 0.25) is 0 Å². The van der Waals surface area contributed by atoms with Crippen LogP contribution in [0.3, 0.4) is 0 Å². The summed E-state index contributed by atoms with van der Waals surface area (Å²) in [6.07, 6.45) is 3.04. The molecule has 14 heavy (non-hydrogen) atoms. The number of hydrogen-bond donors (Lipinski definition) is 3. The number of carbonyl (C=O) groups excluding carboxylic acids is 1. The molecule has 0 aromatic heterocycles. The summed E-state index contributed by atoms with van der Waals surface area (Å²) < 4.78 is 0. The molecule has 74 valence electrons. The Morgan fingerprint density at radius 3 is 2.79 bits per heavy atom. The van der Waals surface area contributed by atoms with E-state index in [0.29, 0.717) is 11.4 Å². The van der Waals surface area contributed by atoms with Crippen molar-refractivity contribution in [3.8, 4) is 0 Å². The van der Waals surface area contributed by atoms with Gasteiger partial charge < -0.3 is 16.8 Å². The van der Waals surface area contributed by atoms with Gasteiger partial charge in [-0.1, -0.05) is 0 Å². The van der Waals surface area contributed by atoms with Crippen LogP contribution < -0.4 is 16.8 Å². The Morgan fingerprint density at radius 2 is 2.14 bits per heavy atom. The van der Waals surface area contributed by atoms with E-state index in [0.717, 1.165) is 5.56 Å². The fourth-order valence-corrected chi connectivity index (χ4v) is 0.986. The first-order chi connectivity index (χ1) is 6.63. The average molecular weight is 191 g/mol. The van der Waals surface area contributed by atoms with Gasteiger partial charge in [0.15, 0.2) is 0 Å². The number of nitrogens with one attached hydrogen (secondary N) is 1. The van der Waals surface area contributed by atoms with Crippen LogP contribution >= 0.6 is 0 Å². The molecule has 0 bridgehead atoms. The van der Waals surface area contributed by atoms with Crippen molar-refractivity contribution in [2.75, 3.05) is 18.5 Å². The highest BCUT2D eigenvalue weighted by atomic mass is 16.1. The van der Waals surface area contributed by atoms with E-state index >= 15 is 0 Å². The number of benzene rings is 1. The molecule has 0 atom stereocenters. The Bertz CT molecular complexity index is 372. The minimum absolute atomic E-state index is 0.174. The van der Waals surface area contributed by atoms with Gasteiger partial charge in [0.05, 0.1) is 0 Å². The van der Waals surface area contributed by atoms with Crippen molar-refractivity contribution in [2.45, 2.75) is 0 Å². The smallest absolute Gasteiger partial charge is 0.243 e. The molecule has 1 amide bonds. The van der Waals surface area contributed by atoms with Crippen LogP contribution in [0, 0.1) is 0 Å². The van der Waals surface area contributed by atoms with Gasteiger partial charge in [0.1, 0.15) is 0 Å². The van der Waals surface area contributed by atoms with Gasteiger partial charge in [-0.2, -0.15) is 0 Å². The predicted molar refractivity (Wildman–Crippen MR) is 58.4 cm³/mol. The van der Waals surface area contributed by atoms with Gasteiger partial charge in [-0.05, 0) is 29.8 Å². The molecule has 0 saturated heterocycles. The molecular formula is C10H13N3O. The van der Waals surface area contributed by atoms with Crippen molar-refractivity contribution >= 4 is 23.4 Å². The first-order valence-electron chi connectivity index (χ1n) is 4.18. The molecule has 0 spiro atoms. The van der Waals surface area contributed by atoms with E-state index in [1.165, 1.54) is 6.08 Å². The number of rotatable bonds is 2. The van der Waals surface area contributed by atoms with Crippen LogP contribution in [0.25, 0.3) is 6.08 Å². The maximum Gasteiger partial charge on any atom is 0.243 e. The third-order valence-corrected chi connectivity index (χ3v) is 1.77. The molecule has 0 fully saturated rings. The summed E-state index contributed by atoms with van der Waals surface area (Å²) >= 11 is 0. The number of likely N-dealkylation sites (N-methyl/N-ethyl adjacent to an activating group) is 1. The second-order valence-electron chi connectivity index (χ2n) is 2.84. The fraction of sp³-hybridized carbons (Fsp3) is 0.100. The normalized spacial score (nSPS) is 10.4. The van der Waals surface area contributed by atoms with Crippen molar-refractivity contribution in [1.29, 1.82) is 0 Å². The van der Waals surface area contributed by atoms with Crippen molar-refractivity contribution < 1.29 is 4.79 Å². The zero-order valence-corrected chi connectivity index (χ0v) is 7.95. The van der Waals surface area contributed by atoms with Crippen LogP contribution in [0.1, 0.15) is 5.56 Å². The number of hydrogen-bond acceptors (Lipinski definition) is 3. The molecule has 1 aromatic carbocycles. The number of nitrogen functional groups attached to an aromatic ring is 2. The lowest BCUT2D eigenvalue weighted by atomic mass is 10.1. The second kappa shape index (κ2) is 4.32. The standard InChI is InChI=1S/C10H13N3O/c1-13-10(14)5-2-7-6-8(11)3-4-9(7)12/h2-6H,11-12H2,1H3,(H,13,14)/b5-2+. The number of amides is 1. The summed E-state index contributed by atoms with van der Waals surface area (Å²) in [5.41, 5.74) is 13.2. The van der Waals surface area contributed by atoms with Crippen LogP contribution in [0.15, 0.2) is 24.3 Å². The van der Waals surface area contributed by atoms with Crippen molar-refractivity contribution in [1.82, 2.24) is 5.32 Å². The van der Waals surface area contributed by atoms with Crippen molar-refractivity contribution in [3.05, 3.63) is 29.8 Å². The van der Waals surface area contributed by atoms with Gasteiger partial charge in [0, 0.05) is 24.5 Å². The van der Waals surface area contributed by atoms with Gasteiger partial charge in [-0.15, -0.1) is 0 Å². The maximum absolute atomic E-state index is 10.9. The molecule has 0 unspecified atom stereocenters. The molecule has 0 heterocycles. The van der Waals surface area contributed by atoms with E-state index in [1.807, 2.05) is 0 Å². The van der Waals surface area contributed by atoms with Gasteiger partial charge in [0.25, 0.3) is 0 Å². The summed E-state index contributed by atoms with van der Waals surface area (Å²) in [5.74, 6) is -0.174. The van der Waals surface area contributed by atoms with Crippen LogP contribution in [-0.2, 0) is 4.79 Å². The summed E-state index contributed by atoms with van der Waals surface area (Å²) in [4.78, 5) is 10.9. The molecule has 0 aliphatic heterocycles. The molecule has 5 N–H and O–H groups in total. The quantitative estimate of drug-likeness (QED) is 0.473. The predicted octanol–water partition coefficient (Wildman–Crippen LogP) is 0.610. The average Bonchev–Trinajstić information content (AvgIpc) is 2.19. The topological polar surface area (TPSA) is 81.1 Å². The van der Waals surface area contributed by atoms with E-state index in [4.69, 9.17) is 11.5 Å². The lowest BCUT2D eigenvalue weighted by Crippen LogP contribution is -2.13. The highest BCUT2D eigenvalue weighted by molar-refractivity contribution is 5.92. The third-order valence-electron chi connectivity index (χ3n) is 1.77. The minimum atomic E-state index is -0.174. The molecule has 1 aromatic rings. The first-order valence-corrected chi connectivity index (χ1v) is 4.18. The monoisotopic (exact) mass is 191 g/mol. The lowest BCUT2D eigenvalue weighted by molar-refractivity contribution is -0.115. The summed E-state index contributed by atoms with van der Waals surface area (Å²) in [6, 6.07) is 5.14. The largest absolute Gasteiger partial charge is 0.399 e.